The van der Waals surface area contributed by atoms with Gasteiger partial charge in [-0.2, -0.15) is 0 Å². The molecule has 0 amide bonds. The Morgan fingerprint density at radius 2 is 2.23 bits per heavy atom. The van der Waals surface area contributed by atoms with Crippen LogP contribution in [0.4, 0.5) is 8.78 Å². The lowest BCUT2D eigenvalue weighted by atomic mass is 10.1. The predicted molar refractivity (Wildman–Crippen MR) is 47.6 cm³/mol. The Kier molecular flexibility index (Phi) is 3.33. The van der Waals surface area contributed by atoms with Crippen LogP contribution in [0.2, 0.25) is 0 Å². The molecule has 0 unspecified atom stereocenters. The van der Waals surface area contributed by atoms with Gasteiger partial charge in [0.15, 0.2) is 0 Å². The van der Waals surface area contributed by atoms with E-state index in [2.05, 4.69) is 20.9 Å². The summed E-state index contributed by atoms with van der Waals surface area (Å²) >= 11 is 3.12. The van der Waals surface area contributed by atoms with Gasteiger partial charge in [-0.15, -0.1) is 0 Å². The molecule has 1 rings (SSSR count). The van der Waals surface area contributed by atoms with E-state index in [9.17, 15) is 8.78 Å². The van der Waals surface area contributed by atoms with Crippen molar-refractivity contribution in [2.75, 3.05) is 0 Å². The summed E-state index contributed by atoms with van der Waals surface area (Å²) in [5, 5.41) is 8.90. The number of alkyl halides is 2. The van der Waals surface area contributed by atoms with Gasteiger partial charge in [-0.25, -0.2) is 8.78 Å². The van der Waals surface area contributed by atoms with Crippen LogP contribution in [0.25, 0.3) is 0 Å². The number of aliphatic hydroxyl groups excluding tert-OH is 1. The van der Waals surface area contributed by atoms with E-state index in [4.69, 9.17) is 5.11 Å². The molecular formula is C8H8BrF2NO. The van der Waals surface area contributed by atoms with Crippen molar-refractivity contribution in [1.29, 1.82) is 0 Å². The zero-order valence-electron chi connectivity index (χ0n) is 6.89. The fraction of sp³-hybridized carbons (Fsp3) is 0.375. The number of aliphatic hydroxyl groups is 1. The third-order valence-corrected chi connectivity index (χ3v) is 2.49. The van der Waals surface area contributed by atoms with Crippen molar-refractivity contribution in [2.45, 2.75) is 20.0 Å². The normalized spacial score (nSPS) is 10.9. The van der Waals surface area contributed by atoms with E-state index in [0.717, 1.165) is 0 Å². The van der Waals surface area contributed by atoms with Crippen molar-refractivity contribution >= 4 is 15.9 Å². The molecule has 0 saturated heterocycles. The number of halogens is 3. The second kappa shape index (κ2) is 4.11. The Morgan fingerprint density at radius 3 is 2.69 bits per heavy atom. The van der Waals surface area contributed by atoms with E-state index in [1.165, 1.54) is 13.1 Å². The SMILES string of the molecule is Cc1c(C(F)F)ncc(Br)c1CO. The molecule has 0 aliphatic heterocycles. The maximum Gasteiger partial charge on any atom is 0.280 e. The van der Waals surface area contributed by atoms with E-state index in [1.54, 1.807) is 0 Å². The molecule has 0 saturated carbocycles. The highest BCUT2D eigenvalue weighted by molar-refractivity contribution is 9.10. The average Bonchev–Trinajstić information content (AvgIpc) is 2.04. The van der Waals surface area contributed by atoms with Crippen LogP contribution in [0.3, 0.4) is 0 Å². The summed E-state index contributed by atoms with van der Waals surface area (Å²) < 4.78 is 25.2. The number of pyridine rings is 1. The van der Waals surface area contributed by atoms with Gasteiger partial charge in [0.2, 0.25) is 0 Å². The number of aromatic nitrogens is 1. The monoisotopic (exact) mass is 251 g/mol. The second-order valence-corrected chi connectivity index (χ2v) is 3.41. The maximum atomic E-state index is 12.3. The molecule has 0 aromatic carbocycles. The summed E-state index contributed by atoms with van der Waals surface area (Å²) in [4.78, 5) is 3.58. The number of nitrogens with zero attached hydrogens (tertiary/aromatic N) is 1. The fourth-order valence-corrected chi connectivity index (χ4v) is 1.57. The third kappa shape index (κ3) is 2.03. The van der Waals surface area contributed by atoms with Crippen molar-refractivity contribution in [2.24, 2.45) is 0 Å². The van der Waals surface area contributed by atoms with Gasteiger partial charge in [0.05, 0.1) is 6.61 Å². The van der Waals surface area contributed by atoms with Crippen LogP contribution in [-0.4, -0.2) is 10.1 Å². The Labute approximate surface area is 82.7 Å². The average molecular weight is 252 g/mol. The topological polar surface area (TPSA) is 33.1 Å². The first kappa shape index (κ1) is 10.5. The van der Waals surface area contributed by atoms with Crippen LogP contribution in [0.15, 0.2) is 10.7 Å². The molecule has 1 heterocycles. The highest BCUT2D eigenvalue weighted by Gasteiger charge is 2.16. The van der Waals surface area contributed by atoms with E-state index in [0.29, 0.717) is 15.6 Å². The molecule has 1 N–H and O–H groups in total. The van der Waals surface area contributed by atoms with Crippen molar-refractivity contribution in [3.8, 4) is 0 Å². The Bertz CT molecular complexity index is 317. The maximum absolute atomic E-state index is 12.3. The molecule has 0 bridgehead atoms. The minimum absolute atomic E-state index is 0.269. The zero-order valence-corrected chi connectivity index (χ0v) is 8.48. The van der Waals surface area contributed by atoms with E-state index >= 15 is 0 Å². The second-order valence-electron chi connectivity index (χ2n) is 2.55. The predicted octanol–water partition coefficient (Wildman–Crippen LogP) is 2.58. The van der Waals surface area contributed by atoms with Crippen LogP contribution in [0.1, 0.15) is 23.2 Å². The van der Waals surface area contributed by atoms with E-state index in [-0.39, 0.29) is 12.3 Å². The number of hydrogen-bond donors (Lipinski definition) is 1. The molecule has 2 nitrogen and oxygen atoms in total. The van der Waals surface area contributed by atoms with Gasteiger partial charge in [0.25, 0.3) is 6.43 Å². The van der Waals surface area contributed by atoms with E-state index in [1.807, 2.05) is 0 Å². The first-order valence-corrected chi connectivity index (χ1v) is 4.40. The highest BCUT2D eigenvalue weighted by atomic mass is 79.9. The van der Waals surface area contributed by atoms with Crippen LogP contribution in [-0.2, 0) is 6.61 Å². The molecule has 0 aliphatic rings. The lowest BCUT2D eigenvalue weighted by molar-refractivity contribution is 0.144. The molecule has 1 aromatic rings. The molecule has 0 aliphatic carbocycles. The summed E-state index contributed by atoms with van der Waals surface area (Å²) in [5.74, 6) is 0. The molecule has 13 heavy (non-hydrogen) atoms. The molecule has 72 valence electrons. The quantitative estimate of drug-likeness (QED) is 0.877. The molecule has 0 radical (unpaired) electrons. The van der Waals surface area contributed by atoms with Crippen molar-refractivity contribution in [3.05, 3.63) is 27.5 Å². The van der Waals surface area contributed by atoms with Crippen LogP contribution in [0, 0.1) is 6.92 Å². The van der Waals surface area contributed by atoms with Gasteiger partial charge in [0.1, 0.15) is 5.69 Å². The van der Waals surface area contributed by atoms with Gasteiger partial charge in [-0.3, -0.25) is 4.98 Å². The Balaban J connectivity index is 3.27. The largest absolute Gasteiger partial charge is 0.392 e. The molecule has 0 fully saturated rings. The minimum Gasteiger partial charge on any atom is -0.392 e. The Hall–Kier alpha value is -0.550. The molecular weight excluding hydrogens is 244 g/mol. The number of hydrogen-bond acceptors (Lipinski definition) is 2. The third-order valence-electron chi connectivity index (χ3n) is 1.81. The van der Waals surface area contributed by atoms with Crippen LogP contribution < -0.4 is 0 Å². The van der Waals surface area contributed by atoms with E-state index < -0.39 is 6.43 Å². The summed E-state index contributed by atoms with van der Waals surface area (Å²) in [7, 11) is 0. The first-order chi connectivity index (χ1) is 6.07. The van der Waals surface area contributed by atoms with Gasteiger partial charge < -0.3 is 5.11 Å². The molecule has 0 spiro atoms. The standard InChI is InChI=1S/C8H8BrF2NO/c1-4-5(3-13)6(9)2-12-7(4)8(10)11/h2,8,13H,3H2,1H3. The van der Waals surface area contributed by atoms with Crippen molar-refractivity contribution < 1.29 is 13.9 Å². The molecule has 1 aromatic heterocycles. The summed E-state index contributed by atoms with van der Waals surface area (Å²) in [6.07, 6.45) is -1.32. The summed E-state index contributed by atoms with van der Waals surface area (Å²) in [6, 6.07) is 0. The molecule has 0 atom stereocenters. The lowest BCUT2D eigenvalue weighted by Crippen LogP contribution is -2.00. The first-order valence-electron chi connectivity index (χ1n) is 3.60. The van der Waals surface area contributed by atoms with Gasteiger partial charge in [-0.1, -0.05) is 0 Å². The van der Waals surface area contributed by atoms with Gasteiger partial charge in [-0.05, 0) is 34.0 Å². The summed E-state index contributed by atoms with van der Waals surface area (Å²) in [6.45, 7) is 1.25. The zero-order chi connectivity index (χ0) is 10.0. The fourth-order valence-electron chi connectivity index (χ4n) is 1.05. The molecule has 5 heteroatoms. The number of rotatable bonds is 2. The van der Waals surface area contributed by atoms with Gasteiger partial charge >= 0.3 is 0 Å². The summed E-state index contributed by atoms with van der Waals surface area (Å²) in [5.41, 5.74) is 0.532. The highest BCUT2D eigenvalue weighted by Crippen LogP contribution is 2.27. The van der Waals surface area contributed by atoms with Crippen LogP contribution >= 0.6 is 15.9 Å². The van der Waals surface area contributed by atoms with Crippen molar-refractivity contribution in [3.63, 3.8) is 0 Å². The minimum atomic E-state index is -2.60. The Morgan fingerprint density at radius 1 is 1.62 bits per heavy atom. The van der Waals surface area contributed by atoms with Gasteiger partial charge in [0, 0.05) is 10.7 Å². The lowest BCUT2D eigenvalue weighted by Gasteiger charge is -2.09. The van der Waals surface area contributed by atoms with Crippen molar-refractivity contribution in [1.82, 2.24) is 4.98 Å². The van der Waals surface area contributed by atoms with Crippen LogP contribution in [0.5, 0.6) is 0 Å². The smallest absolute Gasteiger partial charge is 0.280 e.